The molecule has 0 atom stereocenters. The average Bonchev–Trinajstić information content (AvgIpc) is 3.18. The van der Waals surface area contributed by atoms with Gasteiger partial charge in [0.05, 0.1) is 18.6 Å². The molecule has 1 saturated heterocycles. The van der Waals surface area contributed by atoms with Crippen LogP contribution in [0.15, 0.2) is 27.3 Å². The smallest absolute Gasteiger partial charge is 0.289 e. The molecule has 2 aromatic rings. The van der Waals surface area contributed by atoms with E-state index in [9.17, 15) is 13.2 Å². The average molecular weight is 382 g/mol. The van der Waals surface area contributed by atoms with Gasteiger partial charge in [-0.15, -0.1) is 0 Å². The molecular formula is C16H22N4O5S. The lowest BCUT2D eigenvalue weighted by molar-refractivity contribution is 0.0424. The van der Waals surface area contributed by atoms with Gasteiger partial charge >= 0.3 is 0 Å². The van der Waals surface area contributed by atoms with Crippen LogP contribution in [0.1, 0.15) is 42.0 Å². The number of carbonyl (C=O) groups is 1. The number of aromatic nitrogens is 2. The van der Waals surface area contributed by atoms with Gasteiger partial charge in [0.2, 0.25) is 15.9 Å². The molecule has 1 amide bonds. The summed E-state index contributed by atoms with van der Waals surface area (Å²) in [4.78, 5) is 18.0. The van der Waals surface area contributed by atoms with Crippen LogP contribution in [0, 0.1) is 0 Å². The fraction of sp³-hybridized carbons (Fsp3) is 0.562. The molecular weight excluding hydrogens is 360 g/mol. The molecule has 0 spiro atoms. The van der Waals surface area contributed by atoms with Gasteiger partial charge in [0.25, 0.3) is 5.91 Å². The minimum atomic E-state index is -3.42. The fourth-order valence-electron chi connectivity index (χ4n) is 2.79. The zero-order valence-electron chi connectivity index (χ0n) is 15.0. The number of sulfonamides is 1. The van der Waals surface area contributed by atoms with Crippen molar-refractivity contribution < 1.29 is 22.2 Å². The second-order valence-electron chi connectivity index (χ2n) is 6.67. The van der Waals surface area contributed by atoms with E-state index in [-0.39, 0.29) is 30.2 Å². The summed E-state index contributed by atoms with van der Waals surface area (Å²) in [6, 6.07) is 2.97. The van der Waals surface area contributed by atoms with Crippen molar-refractivity contribution in [1.29, 1.82) is 0 Å². The number of nitrogens with zero attached hydrogens (tertiary/aromatic N) is 4. The lowest BCUT2D eigenvalue weighted by atomic mass is 10.1. The largest absolute Gasteiger partial charge is 0.459 e. The van der Waals surface area contributed by atoms with Crippen molar-refractivity contribution in [3.05, 3.63) is 35.9 Å². The molecule has 9 nitrogen and oxygen atoms in total. The lowest BCUT2D eigenvalue weighted by Gasteiger charge is -2.43. The molecule has 0 aromatic carbocycles. The Morgan fingerprint density at radius 2 is 2.15 bits per heavy atom. The maximum atomic E-state index is 12.2. The Kier molecular flexibility index (Phi) is 5.15. The molecule has 10 heteroatoms. The fourth-order valence-corrected chi connectivity index (χ4v) is 3.89. The molecule has 26 heavy (non-hydrogen) atoms. The summed E-state index contributed by atoms with van der Waals surface area (Å²) >= 11 is 0. The van der Waals surface area contributed by atoms with Crippen LogP contribution in [-0.2, 0) is 16.4 Å². The number of carbonyl (C=O) groups excluding carboxylic acids is 1. The summed E-state index contributed by atoms with van der Waals surface area (Å²) in [7, 11) is -3.42. The third kappa shape index (κ3) is 3.96. The predicted molar refractivity (Wildman–Crippen MR) is 92.0 cm³/mol. The van der Waals surface area contributed by atoms with Crippen LogP contribution in [0.3, 0.4) is 0 Å². The Labute approximate surface area is 152 Å². The number of amides is 1. The van der Waals surface area contributed by atoms with E-state index in [0.29, 0.717) is 31.2 Å². The summed E-state index contributed by atoms with van der Waals surface area (Å²) in [5.41, 5.74) is 0. The first-order valence-electron chi connectivity index (χ1n) is 8.37. The van der Waals surface area contributed by atoms with Crippen molar-refractivity contribution in [3.63, 3.8) is 0 Å². The zero-order valence-corrected chi connectivity index (χ0v) is 15.8. The lowest BCUT2D eigenvalue weighted by Crippen LogP contribution is -2.62. The van der Waals surface area contributed by atoms with Crippen molar-refractivity contribution in [2.24, 2.45) is 0 Å². The minimum Gasteiger partial charge on any atom is -0.459 e. The van der Waals surface area contributed by atoms with Crippen LogP contribution in [0.25, 0.3) is 0 Å². The summed E-state index contributed by atoms with van der Waals surface area (Å²) in [5, 5.41) is 3.89. The number of hydrogen-bond donors (Lipinski definition) is 0. The van der Waals surface area contributed by atoms with E-state index < -0.39 is 10.0 Å². The number of rotatable bonds is 7. The van der Waals surface area contributed by atoms with E-state index in [1.807, 2.05) is 13.8 Å². The first-order chi connectivity index (χ1) is 12.3. The maximum Gasteiger partial charge on any atom is 0.289 e. The molecule has 0 N–H and O–H groups in total. The van der Waals surface area contributed by atoms with Gasteiger partial charge in [0, 0.05) is 32.0 Å². The zero-order chi connectivity index (χ0) is 18.9. The number of hydrogen-bond acceptors (Lipinski definition) is 7. The Balaban J connectivity index is 1.60. The van der Waals surface area contributed by atoms with Crippen molar-refractivity contribution in [1.82, 2.24) is 19.3 Å². The van der Waals surface area contributed by atoms with Crippen LogP contribution in [0.2, 0.25) is 0 Å². The van der Waals surface area contributed by atoms with Crippen molar-refractivity contribution in [2.45, 2.75) is 32.2 Å². The molecule has 3 heterocycles. The third-order valence-corrected chi connectivity index (χ3v) is 5.58. The standard InChI is InChI=1S/C16H22N4O5S/c1-11(2)15-17-14(18-25-15)6-7-20(26(3,22)23)12-9-19(10-12)16(21)13-5-4-8-24-13/h4-5,8,11-12H,6-7,9-10H2,1-3H3. The first kappa shape index (κ1) is 18.6. The topological polar surface area (TPSA) is 110 Å². The summed E-state index contributed by atoms with van der Waals surface area (Å²) in [6.07, 6.45) is 2.95. The molecule has 0 radical (unpaired) electrons. The van der Waals surface area contributed by atoms with Crippen LogP contribution in [0.4, 0.5) is 0 Å². The second kappa shape index (κ2) is 7.20. The highest BCUT2D eigenvalue weighted by molar-refractivity contribution is 7.88. The third-order valence-electron chi connectivity index (χ3n) is 4.25. The molecule has 2 aromatic heterocycles. The van der Waals surface area contributed by atoms with E-state index in [1.54, 1.807) is 17.0 Å². The Morgan fingerprint density at radius 1 is 1.42 bits per heavy atom. The summed E-state index contributed by atoms with van der Waals surface area (Å²) in [6.45, 7) is 4.79. The Morgan fingerprint density at radius 3 is 2.69 bits per heavy atom. The van der Waals surface area contributed by atoms with E-state index >= 15 is 0 Å². The van der Waals surface area contributed by atoms with E-state index in [4.69, 9.17) is 8.94 Å². The van der Waals surface area contributed by atoms with Gasteiger partial charge in [-0.2, -0.15) is 9.29 Å². The highest BCUT2D eigenvalue weighted by Gasteiger charge is 2.39. The van der Waals surface area contributed by atoms with Gasteiger partial charge in [-0.1, -0.05) is 19.0 Å². The van der Waals surface area contributed by atoms with Gasteiger partial charge in [0.1, 0.15) is 0 Å². The normalized spacial score (nSPS) is 15.7. The Bertz CT molecular complexity index is 853. The number of likely N-dealkylation sites (tertiary alicyclic amines) is 1. The molecule has 0 unspecified atom stereocenters. The quantitative estimate of drug-likeness (QED) is 0.705. The highest BCUT2D eigenvalue weighted by Crippen LogP contribution is 2.21. The molecule has 1 aliphatic rings. The number of furan rings is 1. The van der Waals surface area contributed by atoms with Crippen LogP contribution >= 0.6 is 0 Å². The van der Waals surface area contributed by atoms with Crippen molar-refractivity contribution in [3.8, 4) is 0 Å². The van der Waals surface area contributed by atoms with E-state index in [2.05, 4.69) is 10.1 Å². The van der Waals surface area contributed by atoms with Crippen molar-refractivity contribution >= 4 is 15.9 Å². The second-order valence-corrected chi connectivity index (χ2v) is 8.60. The Hall–Kier alpha value is -2.20. The highest BCUT2D eigenvalue weighted by atomic mass is 32.2. The van der Waals surface area contributed by atoms with Crippen molar-refractivity contribution in [2.75, 3.05) is 25.9 Å². The van der Waals surface area contributed by atoms with Gasteiger partial charge < -0.3 is 13.8 Å². The van der Waals surface area contributed by atoms with E-state index in [1.165, 1.54) is 16.8 Å². The summed E-state index contributed by atoms with van der Waals surface area (Å²) in [5.74, 6) is 1.15. The van der Waals surface area contributed by atoms with Gasteiger partial charge in [0.15, 0.2) is 11.6 Å². The van der Waals surface area contributed by atoms with Crippen LogP contribution in [0.5, 0.6) is 0 Å². The van der Waals surface area contributed by atoms with Gasteiger partial charge in [-0.3, -0.25) is 4.79 Å². The summed E-state index contributed by atoms with van der Waals surface area (Å²) < 4.78 is 35.9. The van der Waals surface area contributed by atoms with Gasteiger partial charge in [-0.25, -0.2) is 8.42 Å². The van der Waals surface area contributed by atoms with Crippen LogP contribution in [-0.4, -0.2) is 65.6 Å². The molecule has 1 aliphatic heterocycles. The molecule has 0 aliphatic carbocycles. The first-order valence-corrected chi connectivity index (χ1v) is 10.2. The minimum absolute atomic E-state index is 0.120. The molecule has 0 saturated carbocycles. The maximum absolute atomic E-state index is 12.2. The molecule has 142 valence electrons. The van der Waals surface area contributed by atoms with E-state index in [0.717, 1.165) is 0 Å². The molecule has 1 fully saturated rings. The molecule has 3 rings (SSSR count). The monoisotopic (exact) mass is 382 g/mol. The van der Waals surface area contributed by atoms with Crippen LogP contribution < -0.4 is 0 Å². The van der Waals surface area contributed by atoms with Gasteiger partial charge in [-0.05, 0) is 12.1 Å². The predicted octanol–water partition coefficient (Wildman–Crippen LogP) is 1.11. The molecule has 0 bridgehead atoms. The SMILES string of the molecule is CC(C)c1nc(CCN(C2CN(C(=O)c3ccco3)C2)S(C)(=O)=O)no1.